The highest BCUT2D eigenvalue weighted by molar-refractivity contribution is 6.31. The van der Waals surface area contributed by atoms with E-state index in [4.69, 9.17) is 23.2 Å². The highest BCUT2D eigenvalue weighted by Crippen LogP contribution is 2.35. The molecule has 3 aromatic carbocycles. The van der Waals surface area contributed by atoms with Crippen molar-refractivity contribution >= 4 is 28.9 Å². The number of anilines is 1. The van der Waals surface area contributed by atoms with Gasteiger partial charge in [0.25, 0.3) is 0 Å². The van der Waals surface area contributed by atoms with E-state index in [1.165, 1.54) is 66.5 Å². The van der Waals surface area contributed by atoms with Crippen LogP contribution in [0.2, 0.25) is 10.0 Å². The number of aliphatic hydroxyl groups is 1. The molecule has 2 N–H and O–H groups in total. The summed E-state index contributed by atoms with van der Waals surface area (Å²) in [5.41, 5.74) is 5.97. The van der Waals surface area contributed by atoms with Crippen molar-refractivity contribution in [3.8, 4) is 0 Å². The highest BCUT2D eigenvalue weighted by atomic mass is 35.5. The van der Waals surface area contributed by atoms with Gasteiger partial charge in [-0.25, -0.2) is 4.39 Å². The van der Waals surface area contributed by atoms with Gasteiger partial charge in [-0.05, 0) is 84.0 Å². The Bertz CT molecular complexity index is 1190. The maximum absolute atomic E-state index is 13.5. The van der Waals surface area contributed by atoms with E-state index in [0.717, 1.165) is 37.1 Å². The molecule has 1 fully saturated rings. The van der Waals surface area contributed by atoms with E-state index in [1.54, 1.807) is 6.07 Å². The van der Waals surface area contributed by atoms with Crippen LogP contribution in [0, 0.1) is 23.6 Å². The fourth-order valence-corrected chi connectivity index (χ4v) is 6.68. The maximum atomic E-state index is 13.5. The first-order valence-electron chi connectivity index (χ1n) is 14.6. The summed E-state index contributed by atoms with van der Waals surface area (Å²) in [6.45, 7) is 4.30. The van der Waals surface area contributed by atoms with Gasteiger partial charge in [-0.2, -0.15) is 0 Å². The zero-order valence-corrected chi connectivity index (χ0v) is 24.7. The average Bonchev–Trinajstić information content (AvgIpc) is 2.91. The number of hydrogen-bond donors (Lipinski definition) is 2. The van der Waals surface area contributed by atoms with Crippen molar-refractivity contribution in [1.82, 2.24) is 0 Å². The lowest BCUT2D eigenvalue weighted by molar-refractivity contribution is 0.0920. The van der Waals surface area contributed by atoms with Gasteiger partial charge >= 0.3 is 0 Å². The molecule has 0 aliphatic heterocycles. The van der Waals surface area contributed by atoms with Gasteiger partial charge in [-0.15, -0.1) is 0 Å². The Morgan fingerprint density at radius 3 is 2.31 bits per heavy atom. The number of rotatable bonds is 10. The van der Waals surface area contributed by atoms with Crippen LogP contribution < -0.4 is 5.32 Å². The van der Waals surface area contributed by atoms with Crippen LogP contribution >= 0.6 is 23.2 Å². The zero-order chi connectivity index (χ0) is 27.8. The Balaban J connectivity index is 1.32. The van der Waals surface area contributed by atoms with Crippen molar-refractivity contribution in [3.05, 3.63) is 98.8 Å². The minimum absolute atomic E-state index is 0.0617. The molecule has 1 aliphatic carbocycles. The molecule has 1 aliphatic rings. The third-order valence-electron chi connectivity index (χ3n) is 8.65. The largest absolute Gasteiger partial charge is 0.374 e. The average molecular weight is 571 g/mol. The van der Waals surface area contributed by atoms with Crippen LogP contribution in [0.15, 0.2) is 60.7 Å². The third-order valence-corrected chi connectivity index (χ3v) is 9.27. The first-order valence-corrected chi connectivity index (χ1v) is 15.3. The van der Waals surface area contributed by atoms with Gasteiger partial charge in [-0.1, -0.05) is 112 Å². The van der Waals surface area contributed by atoms with E-state index in [0.29, 0.717) is 17.5 Å². The van der Waals surface area contributed by atoms with E-state index < -0.39 is 12.0 Å². The molecule has 0 spiro atoms. The molecule has 0 bridgehead atoms. The Kier molecular flexibility index (Phi) is 11.1. The Labute approximate surface area is 243 Å². The van der Waals surface area contributed by atoms with Crippen molar-refractivity contribution in [2.24, 2.45) is 17.8 Å². The fourth-order valence-electron chi connectivity index (χ4n) is 6.15. The summed E-state index contributed by atoms with van der Waals surface area (Å²) in [5.74, 6) is 0.809. The molecule has 0 aromatic heterocycles. The molecule has 1 saturated carbocycles. The molecule has 210 valence electrons. The van der Waals surface area contributed by atoms with Gasteiger partial charge in [-0.3, -0.25) is 0 Å². The van der Waals surface area contributed by atoms with Crippen LogP contribution in [0.5, 0.6) is 0 Å². The van der Waals surface area contributed by atoms with E-state index in [1.807, 2.05) is 0 Å². The van der Waals surface area contributed by atoms with Crippen molar-refractivity contribution in [2.45, 2.75) is 84.3 Å². The Morgan fingerprint density at radius 1 is 0.923 bits per heavy atom. The summed E-state index contributed by atoms with van der Waals surface area (Å²) in [6.07, 6.45) is 10.4. The fraction of sp³-hybridized carbons (Fsp3) is 0.471. The molecular formula is C34H42Cl2FNO. The SMILES string of the molecule is CCc1cc(Cl)c(CCC2CCCC(C(C)C(O)Nc3ccc(F)c(Cl)c3)CCC2)c(Cc2ccccc2)c1. The lowest BCUT2D eigenvalue weighted by Crippen LogP contribution is -2.32. The number of hydrogen-bond acceptors (Lipinski definition) is 2. The topological polar surface area (TPSA) is 32.3 Å². The van der Waals surface area contributed by atoms with Crippen LogP contribution in [0.1, 0.15) is 81.0 Å². The van der Waals surface area contributed by atoms with Crippen molar-refractivity contribution in [2.75, 3.05) is 5.32 Å². The van der Waals surface area contributed by atoms with Crippen LogP contribution in [-0.4, -0.2) is 11.3 Å². The summed E-state index contributed by atoms with van der Waals surface area (Å²) in [7, 11) is 0. The molecule has 5 heteroatoms. The van der Waals surface area contributed by atoms with Gasteiger partial charge in [0.05, 0.1) is 5.02 Å². The summed E-state index contributed by atoms with van der Waals surface area (Å²) >= 11 is 12.8. The normalized spacial score (nSPS) is 19.6. The van der Waals surface area contributed by atoms with E-state index in [-0.39, 0.29) is 10.9 Å². The first-order chi connectivity index (χ1) is 18.8. The molecule has 0 radical (unpaired) electrons. The van der Waals surface area contributed by atoms with Crippen LogP contribution in [0.25, 0.3) is 0 Å². The Morgan fingerprint density at radius 2 is 1.64 bits per heavy atom. The summed E-state index contributed by atoms with van der Waals surface area (Å²) in [5, 5.41) is 14.9. The van der Waals surface area contributed by atoms with E-state index in [2.05, 4.69) is 61.6 Å². The second-order valence-electron chi connectivity index (χ2n) is 11.3. The molecule has 39 heavy (non-hydrogen) atoms. The van der Waals surface area contributed by atoms with Crippen molar-refractivity contribution in [1.29, 1.82) is 0 Å². The number of nitrogens with one attached hydrogen (secondary N) is 1. The molecule has 4 rings (SSSR count). The monoisotopic (exact) mass is 569 g/mol. The molecule has 0 heterocycles. The number of aryl methyl sites for hydroxylation is 1. The van der Waals surface area contributed by atoms with Crippen LogP contribution in [0.3, 0.4) is 0 Å². The molecule has 0 amide bonds. The van der Waals surface area contributed by atoms with Gasteiger partial charge in [0.15, 0.2) is 0 Å². The summed E-state index contributed by atoms with van der Waals surface area (Å²) < 4.78 is 13.5. The quantitative estimate of drug-likeness (QED) is 0.238. The van der Waals surface area contributed by atoms with Crippen LogP contribution in [0.4, 0.5) is 10.1 Å². The standard InChI is InChI=1S/C34H42Cl2FNO/c1-3-24-19-28(20-26-9-5-4-6-10-26)30(31(35)21-24)17-15-25-11-7-13-27(14-8-12-25)23(2)34(39)38-29-16-18-33(37)32(36)22-29/h4-6,9-10,16,18-19,21-23,25,27,34,38-39H,3,7-8,11-15,17,20H2,1-2H3. The van der Waals surface area contributed by atoms with Gasteiger partial charge in [0.1, 0.15) is 12.0 Å². The molecular weight excluding hydrogens is 528 g/mol. The van der Waals surface area contributed by atoms with Crippen molar-refractivity contribution in [3.63, 3.8) is 0 Å². The Hall–Kier alpha value is -2.07. The molecule has 3 aromatic rings. The minimum atomic E-state index is -0.692. The predicted octanol–water partition coefficient (Wildman–Crippen LogP) is 9.87. The maximum Gasteiger partial charge on any atom is 0.141 e. The number of aliphatic hydroxyl groups excluding tert-OH is 1. The molecule has 0 saturated heterocycles. The van der Waals surface area contributed by atoms with E-state index >= 15 is 0 Å². The molecule has 2 atom stereocenters. The second kappa shape index (κ2) is 14.5. The van der Waals surface area contributed by atoms with Gasteiger partial charge in [0.2, 0.25) is 0 Å². The van der Waals surface area contributed by atoms with Gasteiger partial charge < -0.3 is 10.4 Å². The van der Waals surface area contributed by atoms with Gasteiger partial charge in [0, 0.05) is 16.6 Å². The smallest absolute Gasteiger partial charge is 0.141 e. The third kappa shape index (κ3) is 8.46. The lowest BCUT2D eigenvalue weighted by Gasteiger charge is -2.32. The molecule has 2 nitrogen and oxygen atoms in total. The predicted molar refractivity (Wildman–Crippen MR) is 163 cm³/mol. The summed E-state index contributed by atoms with van der Waals surface area (Å²) in [6, 6.07) is 19.7. The lowest BCUT2D eigenvalue weighted by atomic mass is 9.78. The second-order valence-corrected chi connectivity index (χ2v) is 12.1. The first kappa shape index (κ1) is 29.9. The van der Waals surface area contributed by atoms with Crippen molar-refractivity contribution < 1.29 is 9.50 Å². The number of benzene rings is 3. The summed E-state index contributed by atoms with van der Waals surface area (Å²) in [4.78, 5) is 0. The zero-order valence-electron chi connectivity index (χ0n) is 23.2. The molecule has 2 unspecified atom stereocenters. The minimum Gasteiger partial charge on any atom is -0.374 e. The van der Waals surface area contributed by atoms with E-state index in [9.17, 15) is 9.50 Å². The highest BCUT2D eigenvalue weighted by Gasteiger charge is 2.26. The van der Waals surface area contributed by atoms with Crippen LogP contribution in [-0.2, 0) is 19.3 Å². The number of halogens is 3.